The summed E-state index contributed by atoms with van der Waals surface area (Å²) in [6, 6.07) is 12.1. The Kier molecular flexibility index (Phi) is 3.48. The molecule has 0 aliphatic carbocycles. The van der Waals surface area contributed by atoms with Gasteiger partial charge in [-0.15, -0.1) is 11.3 Å². The van der Waals surface area contributed by atoms with Crippen molar-refractivity contribution < 1.29 is 15.1 Å². The van der Waals surface area contributed by atoms with Crippen LogP contribution in [-0.4, -0.2) is 20.1 Å². The Labute approximate surface area is 129 Å². The Bertz CT molecular complexity index is 846. The van der Waals surface area contributed by atoms with Gasteiger partial charge in [0, 0.05) is 17.8 Å². The first kappa shape index (κ1) is 14.0. The number of nitro groups is 1. The molecule has 0 spiro atoms. The summed E-state index contributed by atoms with van der Waals surface area (Å²) in [5, 5.41) is 30.6. The lowest BCUT2D eigenvalue weighted by atomic mass is 10.2. The van der Waals surface area contributed by atoms with Crippen LogP contribution in [0.2, 0.25) is 0 Å². The number of phenols is 2. The Balaban J connectivity index is 2.06. The van der Waals surface area contributed by atoms with E-state index in [0.29, 0.717) is 10.6 Å². The van der Waals surface area contributed by atoms with Crippen LogP contribution in [0.5, 0.6) is 11.5 Å². The Morgan fingerprint density at radius 3 is 2.50 bits per heavy atom. The minimum atomic E-state index is -0.746. The van der Waals surface area contributed by atoms with Crippen molar-refractivity contribution in [2.45, 2.75) is 0 Å². The summed E-state index contributed by atoms with van der Waals surface area (Å²) in [4.78, 5) is 15.3. The molecule has 110 valence electrons. The van der Waals surface area contributed by atoms with E-state index in [1.165, 1.54) is 23.5 Å². The van der Waals surface area contributed by atoms with Gasteiger partial charge in [0.25, 0.3) is 0 Å². The second-order valence-corrected chi connectivity index (χ2v) is 5.55. The van der Waals surface area contributed by atoms with Crippen molar-refractivity contribution in [3.8, 4) is 32.5 Å². The largest absolute Gasteiger partial charge is 0.504 e. The molecular weight excluding hydrogens is 304 g/mol. The lowest BCUT2D eigenvalue weighted by Crippen LogP contribution is -1.90. The maximum absolute atomic E-state index is 10.9. The lowest BCUT2D eigenvalue weighted by molar-refractivity contribution is -0.385. The molecule has 1 aromatic heterocycles. The molecule has 0 saturated carbocycles. The number of benzene rings is 2. The molecule has 0 unspecified atom stereocenters. The summed E-state index contributed by atoms with van der Waals surface area (Å²) in [7, 11) is 0. The maximum Gasteiger partial charge on any atom is 0.315 e. The van der Waals surface area contributed by atoms with Gasteiger partial charge in [-0.2, -0.15) is 0 Å². The highest BCUT2D eigenvalue weighted by Crippen LogP contribution is 2.41. The van der Waals surface area contributed by atoms with Gasteiger partial charge in [0.1, 0.15) is 5.01 Å². The smallest absolute Gasteiger partial charge is 0.315 e. The summed E-state index contributed by atoms with van der Waals surface area (Å²) < 4.78 is 0. The van der Waals surface area contributed by atoms with Gasteiger partial charge in [-0.3, -0.25) is 10.1 Å². The Morgan fingerprint density at radius 2 is 1.82 bits per heavy atom. The average molecular weight is 314 g/mol. The monoisotopic (exact) mass is 314 g/mol. The van der Waals surface area contributed by atoms with E-state index in [0.717, 1.165) is 10.4 Å². The molecule has 2 aromatic carbocycles. The number of nitrogens with zero attached hydrogens (tertiary/aromatic N) is 2. The van der Waals surface area contributed by atoms with E-state index in [4.69, 9.17) is 0 Å². The van der Waals surface area contributed by atoms with E-state index in [1.807, 2.05) is 30.3 Å². The van der Waals surface area contributed by atoms with Crippen molar-refractivity contribution >= 4 is 17.0 Å². The minimum absolute atomic E-state index is 0.384. The van der Waals surface area contributed by atoms with Crippen LogP contribution in [0.3, 0.4) is 0 Å². The van der Waals surface area contributed by atoms with Gasteiger partial charge in [0.15, 0.2) is 5.75 Å². The first-order valence-electron chi connectivity index (χ1n) is 6.28. The highest BCUT2D eigenvalue weighted by molar-refractivity contribution is 7.18. The molecule has 2 N–H and O–H groups in total. The number of phenolic OH excluding ortho intramolecular Hbond substituents is 2. The summed E-state index contributed by atoms with van der Waals surface area (Å²) in [6.45, 7) is 0. The third kappa shape index (κ3) is 2.49. The summed E-state index contributed by atoms with van der Waals surface area (Å²) in [6.07, 6.45) is 1.67. The molecule has 0 fully saturated rings. The molecule has 0 atom stereocenters. The van der Waals surface area contributed by atoms with Crippen LogP contribution in [0.25, 0.3) is 21.0 Å². The third-order valence-corrected chi connectivity index (χ3v) is 4.17. The molecule has 7 heteroatoms. The molecule has 0 bridgehead atoms. The third-order valence-electron chi connectivity index (χ3n) is 3.08. The second kappa shape index (κ2) is 5.45. The number of rotatable bonds is 3. The van der Waals surface area contributed by atoms with Gasteiger partial charge in [-0.05, 0) is 11.6 Å². The van der Waals surface area contributed by atoms with Crippen molar-refractivity contribution in [3.63, 3.8) is 0 Å². The van der Waals surface area contributed by atoms with E-state index >= 15 is 0 Å². The highest BCUT2D eigenvalue weighted by Gasteiger charge is 2.20. The zero-order chi connectivity index (χ0) is 15.7. The predicted octanol–water partition coefficient (Wildman–Crippen LogP) is 3.80. The van der Waals surface area contributed by atoms with Crippen molar-refractivity contribution in [1.82, 2.24) is 4.98 Å². The zero-order valence-electron chi connectivity index (χ0n) is 11.1. The van der Waals surface area contributed by atoms with Gasteiger partial charge in [0.2, 0.25) is 5.75 Å². The van der Waals surface area contributed by atoms with Crippen LogP contribution in [0.15, 0.2) is 48.7 Å². The van der Waals surface area contributed by atoms with Crippen LogP contribution in [0.1, 0.15) is 0 Å². The lowest BCUT2D eigenvalue weighted by Gasteiger charge is -2.02. The zero-order valence-corrected chi connectivity index (χ0v) is 11.9. The van der Waals surface area contributed by atoms with E-state index in [-0.39, 0.29) is 0 Å². The fraction of sp³-hybridized carbons (Fsp3) is 0. The number of thiazole rings is 1. The summed E-state index contributed by atoms with van der Waals surface area (Å²) in [5.74, 6) is -1.28. The Hall–Kier alpha value is -2.93. The van der Waals surface area contributed by atoms with Crippen molar-refractivity contribution in [3.05, 3.63) is 58.8 Å². The summed E-state index contributed by atoms with van der Waals surface area (Å²) >= 11 is 1.35. The number of aromatic nitrogens is 1. The molecule has 0 radical (unpaired) electrons. The first-order valence-corrected chi connectivity index (χ1v) is 7.10. The molecular formula is C15H10N2O4S. The van der Waals surface area contributed by atoms with Gasteiger partial charge in [-0.1, -0.05) is 30.3 Å². The topological polar surface area (TPSA) is 96.5 Å². The quantitative estimate of drug-likeness (QED) is 0.435. The van der Waals surface area contributed by atoms with E-state index in [1.54, 1.807) is 6.20 Å². The van der Waals surface area contributed by atoms with Gasteiger partial charge >= 0.3 is 5.69 Å². The van der Waals surface area contributed by atoms with Gasteiger partial charge in [-0.25, -0.2) is 4.98 Å². The van der Waals surface area contributed by atoms with E-state index < -0.39 is 22.1 Å². The van der Waals surface area contributed by atoms with E-state index in [9.17, 15) is 20.3 Å². The fourth-order valence-electron chi connectivity index (χ4n) is 2.01. The number of aromatic hydroxyl groups is 2. The molecule has 6 nitrogen and oxygen atoms in total. The standard InChI is InChI=1S/C15H10N2O4S/c18-12-7-10(6-11(14(12)19)17(20)21)15-16-8-13(22-15)9-4-2-1-3-5-9/h1-8,18-19H. The second-order valence-electron chi connectivity index (χ2n) is 4.52. The van der Waals surface area contributed by atoms with Crippen LogP contribution >= 0.6 is 11.3 Å². The number of hydrogen-bond acceptors (Lipinski definition) is 6. The van der Waals surface area contributed by atoms with Crippen LogP contribution in [-0.2, 0) is 0 Å². The number of nitro benzene ring substituents is 1. The summed E-state index contributed by atoms with van der Waals surface area (Å²) in [5.41, 5.74) is 0.824. The fourth-order valence-corrected chi connectivity index (χ4v) is 2.92. The van der Waals surface area contributed by atoms with Crippen molar-refractivity contribution in [2.24, 2.45) is 0 Å². The van der Waals surface area contributed by atoms with Gasteiger partial charge < -0.3 is 10.2 Å². The normalized spacial score (nSPS) is 10.5. The highest BCUT2D eigenvalue weighted by atomic mass is 32.1. The molecule has 0 aliphatic rings. The van der Waals surface area contributed by atoms with Crippen LogP contribution < -0.4 is 0 Å². The molecule has 0 aliphatic heterocycles. The molecule has 3 rings (SSSR count). The molecule has 0 saturated heterocycles. The molecule has 1 heterocycles. The van der Waals surface area contributed by atoms with Crippen LogP contribution in [0.4, 0.5) is 5.69 Å². The maximum atomic E-state index is 10.9. The van der Waals surface area contributed by atoms with Gasteiger partial charge in [0.05, 0.1) is 9.80 Å². The molecule has 22 heavy (non-hydrogen) atoms. The van der Waals surface area contributed by atoms with Crippen molar-refractivity contribution in [1.29, 1.82) is 0 Å². The molecule has 0 amide bonds. The Morgan fingerprint density at radius 1 is 1.09 bits per heavy atom. The predicted molar refractivity (Wildman–Crippen MR) is 83.0 cm³/mol. The molecule has 3 aromatic rings. The number of hydrogen-bond donors (Lipinski definition) is 2. The SMILES string of the molecule is O=[N+]([O-])c1cc(-c2ncc(-c3ccccc3)s2)cc(O)c1O. The first-order chi connectivity index (χ1) is 10.6. The average Bonchev–Trinajstić information content (AvgIpc) is 3.00. The minimum Gasteiger partial charge on any atom is -0.504 e. The van der Waals surface area contributed by atoms with E-state index in [2.05, 4.69) is 4.98 Å². The van der Waals surface area contributed by atoms with Crippen LogP contribution in [0, 0.1) is 10.1 Å². The van der Waals surface area contributed by atoms with Crippen molar-refractivity contribution in [2.75, 3.05) is 0 Å².